The molecule has 0 saturated carbocycles. The zero-order valence-corrected chi connectivity index (χ0v) is 20.2. The Bertz CT molecular complexity index is 1120. The molecular formula is C24H29N7O2S. The summed E-state index contributed by atoms with van der Waals surface area (Å²) >= 11 is 1.48. The van der Waals surface area contributed by atoms with E-state index in [1.807, 2.05) is 48.2 Å². The van der Waals surface area contributed by atoms with Gasteiger partial charge in [-0.05, 0) is 42.8 Å². The number of para-hydroxylation sites is 1. The summed E-state index contributed by atoms with van der Waals surface area (Å²) in [5, 5.41) is 3.19. The average molecular weight is 480 g/mol. The number of rotatable bonds is 8. The third-order valence-electron chi connectivity index (χ3n) is 5.62. The lowest BCUT2D eigenvalue weighted by Crippen LogP contribution is -2.49. The number of piperazine rings is 1. The molecule has 0 bridgehead atoms. The molecule has 0 radical (unpaired) electrons. The number of amides is 1. The molecule has 0 aliphatic carbocycles. The number of nitrogen functional groups attached to an aromatic ring is 1. The van der Waals surface area contributed by atoms with Gasteiger partial charge in [0, 0.05) is 37.6 Å². The molecule has 1 aliphatic rings. The van der Waals surface area contributed by atoms with E-state index in [0.29, 0.717) is 36.4 Å². The SMILES string of the molecule is COc1ccc(N2CCN(C(=O)CSCc3nc(N)nc(Nc4ccccc4C)n3)CC2)cc1. The van der Waals surface area contributed by atoms with Crippen LogP contribution in [0.15, 0.2) is 48.5 Å². The minimum absolute atomic E-state index is 0.125. The van der Waals surface area contributed by atoms with Gasteiger partial charge in [0.25, 0.3) is 0 Å². The molecule has 9 nitrogen and oxygen atoms in total. The van der Waals surface area contributed by atoms with E-state index in [1.165, 1.54) is 11.8 Å². The molecule has 10 heteroatoms. The molecule has 0 spiro atoms. The largest absolute Gasteiger partial charge is 0.497 e. The van der Waals surface area contributed by atoms with Crippen molar-refractivity contribution in [3.8, 4) is 5.75 Å². The number of thioether (sulfide) groups is 1. The third kappa shape index (κ3) is 6.07. The van der Waals surface area contributed by atoms with Gasteiger partial charge in [-0.15, -0.1) is 11.8 Å². The Morgan fingerprint density at radius 1 is 1.06 bits per heavy atom. The Labute approximate surface area is 203 Å². The highest BCUT2D eigenvalue weighted by molar-refractivity contribution is 7.99. The van der Waals surface area contributed by atoms with Crippen LogP contribution in [-0.2, 0) is 10.5 Å². The predicted molar refractivity (Wildman–Crippen MR) is 137 cm³/mol. The highest BCUT2D eigenvalue weighted by Gasteiger charge is 2.21. The molecule has 1 amide bonds. The van der Waals surface area contributed by atoms with Gasteiger partial charge in [0.15, 0.2) is 0 Å². The van der Waals surface area contributed by atoms with Crippen LogP contribution in [0, 0.1) is 6.92 Å². The van der Waals surface area contributed by atoms with Crippen LogP contribution in [0.1, 0.15) is 11.4 Å². The van der Waals surface area contributed by atoms with Gasteiger partial charge in [0.2, 0.25) is 17.8 Å². The van der Waals surface area contributed by atoms with Crippen LogP contribution in [0.3, 0.4) is 0 Å². The Morgan fingerprint density at radius 2 is 1.79 bits per heavy atom. The molecule has 3 aromatic rings. The Hall–Kier alpha value is -3.53. The summed E-state index contributed by atoms with van der Waals surface area (Å²) in [6.07, 6.45) is 0. The lowest BCUT2D eigenvalue weighted by atomic mass is 10.2. The van der Waals surface area contributed by atoms with Crippen LogP contribution in [-0.4, -0.2) is 64.8 Å². The minimum Gasteiger partial charge on any atom is -0.497 e. The summed E-state index contributed by atoms with van der Waals surface area (Å²) in [5.74, 6) is 2.92. The van der Waals surface area contributed by atoms with E-state index in [2.05, 4.69) is 37.3 Å². The first-order valence-electron chi connectivity index (χ1n) is 11.1. The van der Waals surface area contributed by atoms with Gasteiger partial charge in [-0.2, -0.15) is 15.0 Å². The third-order valence-corrected chi connectivity index (χ3v) is 6.53. The van der Waals surface area contributed by atoms with Crippen molar-refractivity contribution in [1.29, 1.82) is 0 Å². The fourth-order valence-electron chi connectivity index (χ4n) is 3.72. The summed E-state index contributed by atoms with van der Waals surface area (Å²) in [6.45, 7) is 5.02. The topological polar surface area (TPSA) is 110 Å². The van der Waals surface area contributed by atoms with Gasteiger partial charge in [-0.3, -0.25) is 4.79 Å². The van der Waals surface area contributed by atoms with Crippen LogP contribution in [0.5, 0.6) is 5.75 Å². The molecule has 3 N–H and O–H groups in total. The predicted octanol–water partition coefficient (Wildman–Crippen LogP) is 3.10. The van der Waals surface area contributed by atoms with Gasteiger partial charge in [0.1, 0.15) is 11.6 Å². The van der Waals surface area contributed by atoms with E-state index in [0.717, 1.165) is 35.8 Å². The number of nitrogens with zero attached hydrogens (tertiary/aromatic N) is 5. The van der Waals surface area contributed by atoms with E-state index < -0.39 is 0 Å². The van der Waals surface area contributed by atoms with Crippen molar-refractivity contribution in [1.82, 2.24) is 19.9 Å². The number of carbonyl (C=O) groups is 1. The number of benzene rings is 2. The van der Waals surface area contributed by atoms with Crippen LogP contribution in [0.4, 0.5) is 23.3 Å². The molecule has 1 aromatic heterocycles. The monoisotopic (exact) mass is 479 g/mol. The Kier molecular flexibility index (Phi) is 7.69. The molecule has 34 heavy (non-hydrogen) atoms. The van der Waals surface area contributed by atoms with Crippen LogP contribution in [0.2, 0.25) is 0 Å². The fourth-order valence-corrected chi connectivity index (χ4v) is 4.49. The van der Waals surface area contributed by atoms with Gasteiger partial charge >= 0.3 is 0 Å². The Balaban J connectivity index is 1.25. The lowest BCUT2D eigenvalue weighted by molar-refractivity contribution is -0.128. The first-order chi connectivity index (χ1) is 16.5. The molecule has 178 valence electrons. The normalized spacial score (nSPS) is 13.6. The number of nitrogens with two attached hydrogens (primary N) is 1. The van der Waals surface area contributed by atoms with Gasteiger partial charge in [-0.25, -0.2) is 0 Å². The van der Waals surface area contributed by atoms with Gasteiger partial charge in [0.05, 0.1) is 18.6 Å². The molecular weight excluding hydrogens is 450 g/mol. The minimum atomic E-state index is 0.125. The van der Waals surface area contributed by atoms with Crippen molar-refractivity contribution >= 4 is 40.9 Å². The number of aryl methyl sites for hydroxylation is 1. The smallest absolute Gasteiger partial charge is 0.232 e. The van der Waals surface area contributed by atoms with E-state index >= 15 is 0 Å². The maximum absolute atomic E-state index is 12.7. The van der Waals surface area contributed by atoms with Crippen molar-refractivity contribution in [2.45, 2.75) is 12.7 Å². The zero-order valence-electron chi connectivity index (χ0n) is 19.4. The second kappa shape index (κ2) is 11.1. The molecule has 0 unspecified atom stereocenters. The summed E-state index contributed by atoms with van der Waals surface area (Å²) in [5.41, 5.74) is 9.01. The molecule has 1 aliphatic heterocycles. The quantitative estimate of drug-likeness (QED) is 0.504. The molecule has 4 rings (SSSR count). The van der Waals surface area contributed by atoms with Crippen molar-refractivity contribution in [2.24, 2.45) is 0 Å². The number of hydrogen-bond donors (Lipinski definition) is 2. The highest BCUT2D eigenvalue weighted by Crippen LogP contribution is 2.22. The van der Waals surface area contributed by atoms with Crippen LogP contribution >= 0.6 is 11.8 Å². The van der Waals surface area contributed by atoms with Crippen molar-refractivity contribution < 1.29 is 9.53 Å². The maximum Gasteiger partial charge on any atom is 0.232 e. The first kappa shape index (κ1) is 23.6. The zero-order chi connectivity index (χ0) is 23.9. The van der Waals surface area contributed by atoms with Gasteiger partial charge < -0.3 is 25.6 Å². The number of aromatic nitrogens is 3. The van der Waals surface area contributed by atoms with E-state index in [4.69, 9.17) is 10.5 Å². The Morgan fingerprint density at radius 3 is 2.50 bits per heavy atom. The number of methoxy groups -OCH3 is 1. The van der Waals surface area contributed by atoms with Gasteiger partial charge in [-0.1, -0.05) is 18.2 Å². The summed E-state index contributed by atoms with van der Waals surface area (Å²) in [7, 11) is 1.66. The van der Waals surface area contributed by atoms with Crippen molar-refractivity contribution in [3.63, 3.8) is 0 Å². The van der Waals surface area contributed by atoms with Crippen molar-refractivity contribution in [2.75, 3.05) is 55.0 Å². The molecule has 0 atom stereocenters. The number of nitrogens with one attached hydrogen (secondary N) is 1. The highest BCUT2D eigenvalue weighted by atomic mass is 32.2. The maximum atomic E-state index is 12.7. The lowest BCUT2D eigenvalue weighted by Gasteiger charge is -2.36. The summed E-state index contributed by atoms with van der Waals surface area (Å²) in [6, 6.07) is 15.9. The van der Waals surface area contributed by atoms with E-state index in [1.54, 1.807) is 7.11 Å². The number of hydrogen-bond acceptors (Lipinski definition) is 9. The average Bonchev–Trinajstić information content (AvgIpc) is 2.85. The number of ether oxygens (including phenoxy) is 1. The number of anilines is 4. The first-order valence-corrected chi connectivity index (χ1v) is 12.2. The number of carbonyl (C=O) groups excluding carboxylic acids is 1. The molecule has 2 heterocycles. The molecule has 1 fully saturated rings. The van der Waals surface area contributed by atoms with Crippen molar-refractivity contribution in [3.05, 3.63) is 59.9 Å². The standard InChI is InChI=1S/C24H29N7O2S/c1-17-5-3-4-6-20(17)26-24-28-21(27-23(25)29-24)15-34-16-22(32)31-13-11-30(12-14-31)18-7-9-19(33-2)10-8-18/h3-10H,11-16H2,1-2H3,(H3,25,26,27,28,29). The molecule has 2 aromatic carbocycles. The second-order valence-corrected chi connectivity index (χ2v) is 8.92. The van der Waals surface area contributed by atoms with E-state index in [9.17, 15) is 4.79 Å². The fraction of sp³-hybridized carbons (Fsp3) is 0.333. The van der Waals surface area contributed by atoms with Crippen LogP contribution in [0.25, 0.3) is 0 Å². The molecule has 1 saturated heterocycles. The van der Waals surface area contributed by atoms with Crippen LogP contribution < -0.4 is 20.7 Å². The summed E-state index contributed by atoms with van der Waals surface area (Å²) in [4.78, 5) is 29.8. The van der Waals surface area contributed by atoms with E-state index in [-0.39, 0.29) is 11.9 Å². The second-order valence-electron chi connectivity index (χ2n) is 7.93. The summed E-state index contributed by atoms with van der Waals surface area (Å²) < 4.78 is 5.22.